The highest BCUT2D eigenvalue weighted by atomic mass is 35.5. The van der Waals surface area contributed by atoms with Crippen molar-refractivity contribution >= 4 is 29.3 Å². The predicted molar refractivity (Wildman–Crippen MR) is 89.8 cm³/mol. The molecule has 2 rings (SSSR count). The molecule has 0 aliphatic heterocycles. The first-order valence-corrected chi connectivity index (χ1v) is 8.06. The Balaban J connectivity index is 1.86. The first-order valence-electron chi connectivity index (χ1n) is 6.80. The highest BCUT2D eigenvalue weighted by molar-refractivity contribution is 8.00. The summed E-state index contributed by atoms with van der Waals surface area (Å²) in [5.41, 5.74) is 2.24. The van der Waals surface area contributed by atoms with E-state index in [4.69, 9.17) is 11.6 Å². The van der Waals surface area contributed by atoms with Gasteiger partial charge in [-0.3, -0.25) is 4.79 Å². The van der Waals surface area contributed by atoms with Gasteiger partial charge in [-0.25, -0.2) is 0 Å². The van der Waals surface area contributed by atoms with Gasteiger partial charge < -0.3 is 5.32 Å². The van der Waals surface area contributed by atoms with E-state index in [2.05, 4.69) is 24.4 Å². The van der Waals surface area contributed by atoms with Crippen molar-refractivity contribution in [3.63, 3.8) is 0 Å². The van der Waals surface area contributed by atoms with Crippen LogP contribution in [0.15, 0.2) is 53.4 Å². The molecule has 2 aromatic rings. The second-order valence-electron chi connectivity index (χ2n) is 4.92. The molecule has 0 radical (unpaired) electrons. The average Bonchev–Trinajstić information content (AvgIpc) is 2.46. The first-order chi connectivity index (χ1) is 10.0. The van der Waals surface area contributed by atoms with Crippen LogP contribution in [0.25, 0.3) is 0 Å². The Morgan fingerprint density at radius 2 is 1.95 bits per heavy atom. The second-order valence-corrected chi connectivity index (χ2v) is 6.77. The van der Waals surface area contributed by atoms with E-state index in [0.717, 1.165) is 10.5 Å². The van der Waals surface area contributed by atoms with E-state index in [1.54, 1.807) is 11.8 Å². The van der Waals surface area contributed by atoms with Crippen molar-refractivity contribution in [2.75, 3.05) is 0 Å². The third-order valence-electron chi connectivity index (χ3n) is 3.05. The summed E-state index contributed by atoms with van der Waals surface area (Å²) >= 11 is 7.41. The lowest BCUT2D eigenvalue weighted by Gasteiger charge is -2.12. The molecule has 0 saturated carbocycles. The molecule has 0 bridgehead atoms. The molecule has 1 unspecified atom stereocenters. The molecule has 0 fully saturated rings. The lowest BCUT2D eigenvalue weighted by molar-refractivity contribution is -0.120. The zero-order valence-electron chi connectivity index (χ0n) is 12.1. The van der Waals surface area contributed by atoms with Crippen LogP contribution in [0.4, 0.5) is 0 Å². The molecule has 2 aromatic carbocycles. The molecule has 0 spiro atoms. The van der Waals surface area contributed by atoms with Crippen molar-refractivity contribution in [2.24, 2.45) is 0 Å². The van der Waals surface area contributed by atoms with Gasteiger partial charge in [-0.1, -0.05) is 41.4 Å². The number of hydrogen-bond donors (Lipinski definition) is 1. The van der Waals surface area contributed by atoms with Crippen molar-refractivity contribution < 1.29 is 4.79 Å². The molecular weight excluding hydrogens is 302 g/mol. The van der Waals surface area contributed by atoms with Gasteiger partial charge in [-0.15, -0.1) is 11.8 Å². The smallest absolute Gasteiger partial charge is 0.233 e. The average molecular weight is 320 g/mol. The Kier molecular flexibility index (Phi) is 5.71. The maximum absolute atomic E-state index is 12.1. The van der Waals surface area contributed by atoms with E-state index in [0.29, 0.717) is 11.6 Å². The lowest BCUT2D eigenvalue weighted by Crippen LogP contribution is -2.30. The van der Waals surface area contributed by atoms with Crippen molar-refractivity contribution in [1.29, 1.82) is 0 Å². The highest BCUT2D eigenvalue weighted by Gasteiger charge is 2.13. The van der Waals surface area contributed by atoms with Crippen LogP contribution in [0.2, 0.25) is 5.02 Å². The second kappa shape index (κ2) is 7.53. The predicted octanol–water partition coefficient (Wildman–Crippen LogP) is 4.45. The van der Waals surface area contributed by atoms with E-state index in [-0.39, 0.29) is 11.2 Å². The van der Waals surface area contributed by atoms with Gasteiger partial charge in [0.05, 0.1) is 5.25 Å². The summed E-state index contributed by atoms with van der Waals surface area (Å²) in [4.78, 5) is 13.2. The molecule has 0 saturated heterocycles. The highest BCUT2D eigenvalue weighted by Crippen LogP contribution is 2.24. The normalized spacial score (nSPS) is 12.0. The fourth-order valence-electron chi connectivity index (χ4n) is 1.88. The Hall–Kier alpha value is -1.45. The molecule has 110 valence electrons. The minimum absolute atomic E-state index is 0.0384. The van der Waals surface area contributed by atoms with Gasteiger partial charge in [0.1, 0.15) is 0 Å². The van der Waals surface area contributed by atoms with E-state index < -0.39 is 0 Å². The molecule has 4 heteroatoms. The minimum atomic E-state index is -0.126. The zero-order valence-corrected chi connectivity index (χ0v) is 13.7. The number of amides is 1. The fourth-order valence-corrected chi connectivity index (χ4v) is 3.02. The SMILES string of the molecule is Cc1cccc(SC(C)C(=O)NCc2ccc(Cl)cc2)c1. The van der Waals surface area contributed by atoms with E-state index in [9.17, 15) is 4.79 Å². The summed E-state index contributed by atoms with van der Waals surface area (Å²) in [5.74, 6) is 0.0384. The quantitative estimate of drug-likeness (QED) is 0.825. The number of rotatable bonds is 5. The summed E-state index contributed by atoms with van der Waals surface area (Å²) in [6, 6.07) is 15.7. The number of thioether (sulfide) groups is 1. The van der Waals surface area contributed by atoms with Gasteiger partial charge >= 0.3 is 0 Å². The van der Waals surface area contributed by atoms with Crippen LogP contribution in [-0.4, -0.2) is 11.2 Å². The maximum atomic E-state index is 12.1. The van der Waals surface area contributed by atoms with Crippen molar-refractivity contribution in [3.05, 3.63) is 64.7 Å². The third kappa shape index (κ3) is 5.10. The molecule has 1 N–H and O–H groups in total. The number of halogens is 1. The Morgan fingerprint density at radius 1 is 1.24 bits per heavy atom. The number of benzene rings is 2. The number of carbonyl (C=O) groups is 1. The topological polar surface area (TPSA) is 29.1 Å². The summed E-state index contributed by atoms with van der Waals surface area (Å²) in [6.45, 7) is 4.49. The van der Waals surface area contributed by atoms with Crippen LogP contribution in [0, 0.1) is 6.92 Å². The van der Waals surface area contributed by atoms with E-state index >= 15 is 0 Å². The van der Waals surface area contributed by atoms with Gasteiger partial charge in [0.2, 0.25) is 5.91 Å². The van der Waals surface area contributed by atoms with Crippen LogP contribution < -0.4 is 5.32 Å². The molecule has 0 aliphatic carbocycles. The number of nitrogens with one attached hydrogen (secondary N) is 1. The molecule has 0 aliphatic rings. The lowest BCUT2D eigenvalue weighted by atomic mass is 10.2. The summed E-state index contributed by atoms with van der Waals surface area (Å²) in [7, 11) is 0. The standard InChI is InChI=1S/C17H18ClNOS/c1-12-4-3-5-16(10-12)21-13(2)17(20)19-11-14-6-8-15(18)9-7-14/h3-10,13H,11H2,1-2H3,(H,19,20). The largest absolute Gasteiger partial charge is 0.351 e. The van der Waals surface area contributed by atoms with Crippen molar-refractivity contribution in [2.45, 2.75) is 30.5 Å². The molecule has 0 heterocycles. The minimum Gasteiger partial charge on any atom is -0.351 e. The first kappa shape index (κ1) is 15.9. The number of carbonyl (C=O) groups excluding carboxylic acids is 1. The van der Waals surface area contributed by atoms with Crippen LogP contribution in [0.1, 0.15) is 18.1 Å². The zero-order chi connectivity index (χ0) is 15.2. The molecule has 2 nitrogen and oxygen atoms in total. The maximum Gasteiger partial charge on any atom is 0.233 e. The summed E-state index contributed by atoms with van der Waals surface area (Å²) < 4.78 is 0. The summed E-state index contributed by atoms with van der Waals surface area (Å²) in [5, 5.41) is 3.53. The monoisotopic (exact) mass is 319 g/mol. The molecular formula is C17H18ClNOS. The van der Waals surface area contributed by atoms with Crippen molar-refractivity contribution in [3.8, 4) is 0 Å². The van der Waals surface area contributed by atoms with Crippen LogP contribution in [0.5, 0.6) is 0 Å². The number of hydrogen-bond acceptors (Lipinski definition) is 2. The molecule has 21 heavy (non-hydrogen) atoms. The fraction of sp³-hybridized carbons (Fsp3) is 0.235. The van der Waals surface area contributed by atoms with Gasteiger partial charge in [0, 0.05) is 16.5 Å². The Labute approximate surface area is 134 Å². The van der Waals surface area contributed by atoms with Gasteiger partial charge in [-0.2, -0.15) is 0 Å². The van der Waals surface area contributed by atoms with Gasteiger partial charge in [0.15, 0.2) is 0 Å². The van der Waals surface area contributed by atoms with Crippen LogP contribution in [-0.2, 0) is 11.3 Å². The molecule has 1 amide bonds. The summed E-state index contributed by atoms with van der Waals surface area (Å²) in [6.07, 6.45) is 0. The van der Waals surface area contributed by atoms with E-state index in [1.165, 1.54) is 5.56 Å². The van der Waals surface area contributed by atoms with E-state index in [1.807, 2.05) is 43.3 Å². The van der Waals surface area contributed by atoms with Gasteiger partial charge in [-0.05, 0) is 43.7 Å². The van der Waals surface area contributed by atoms with Crippen LogP contribution >= 0.6 is 23.4 Å². The van der Waals surface area contributed by atoms with Crippen molar-refractivity contribution in [1.82, 2.24) is 5.32 Å². The molecule has 1 atom stereocenters. The third-order valence-corrected chi connectivity index (χ3v) is 4.40. The van der Waals surface area contributed by atoms with Gasteiger partial charge in [0.25, 0.3) is 0 Å². The molecule has 0 aromatic heterocycles. The van der Waals surface area contributed by atoms with Crippen LogP contribution in [0.3, 0.4) is 0 Å². The Bertz CT molecular complexity index is 612. The number of aryl methyl sites for hydroxylation is 1. The Morgan fingerprint density at radius 3 is 2.62 bits per heavy atom.